The molecule has 0 fully saturated rings. The molecule has 1 aromatic rings. The molecule has 0 amide bonds. The second-order valence-electron chi connectivity index (χ2n) is 3.16. The van der Waals surface area contributed by atoms with E-state index in [4.69, 9.17) is 0 Å². The van der Waals surface area contributed by atoms with Crippen molar-refractivity contribution in [3.8, 4) is 0 Å². The normalized spacial score (nSPS) is 10.9. The molecule has 0 heterocycles. The molecule has 1 nitrogen and oxygen atoms in total. The molecule has 0 saturated carbocycles. The number of rotatable bonds is 4. The van der Waals surface area contributed by atoms with Gasteiger partial charge in [-0.15, -0.1) is 0 Å². The van der Waals surface area contributed by atoms with E-state index in [1.54, 1.807) is 6.07 Å². The number of benzene rings is 1. The second-order valence-corrected chi connectivity index (χ2v) is 4.02. The lowest BCUT2D eigenvalue weighted by Gasteiger charge is -2.19. The van der Waals surface area contributed by atoms with Crippen LogP contribution < -0.4 is 0 Å². The molecule has 0 unspecified atom stereocenters. The van der Waals surface area contributed by atoms with Gasteiger partial charge in [-0.2, -0.15) is 0 Å². The van der Waals surface area contributed by atoms with Crippen molar-refractivity contribution in [2.24, 2.45) is 0 Å². The van der Waals surface area contributed by atoms with E-state index in [1.165, 1.54) is 6.07 Å². The van der Waals surface area contributed by atoms with Crippen LogP contribution in [-0.4, -0.2) is 18.0 Å². The van der Waals surface area contributed by atoms with Gasteiger partial charge in [0, 0.05) is 16.6 Å². The van der Waals surface area contributed by atoms with Gasteiger partial charge < -0.3 is 0 Å². The van der Waals surface area contributed by atoms with Crippen molar-refractivity contribution >= 4 is 15.9 Å². The zero-order valence-electron chi connectivity index (χ0n) is 8.56. The Hall–Kier alpha value is -0.410. The molecule has 0 bridgehead atoms. The van der Waals surface area contributed by atoms with Crippen molar-refractivity contribution in [3.05, 3.63) is 34.1 Å². The Morgan fingerprint density at radius 3 is 2.43 bits per heavy atom. The highest BCUT2D eigenvalue weighted by molar-refractivity contribution is 9.10. The summed E-state index contributed by atoms with van der Waals surface area (Å²) in [4.78, 5) is 2.18. The Balaban J connectivity index is 2.84. The highest BCUT2D eigenvalue weighted by atomic mass is 79.9. The molecule has 1 rings (SSSR count). The molecule has 0 saturated heterocycles. The third-order valence-electron chi connectivity index (χ3n) is 2.34. The fourth-order valence-corrected chi connectivity index (χ4v) is 1.82. The van der Waals surface area contributed by atoms with Gasteiger partial charge in [-0.1, -0.05) is 35.8 Å². The first-order valence-electron chi connectivity index (χ1n) is 4.84. The van der Waals surface area contributed by atoms with E-state index in [2.05, 4.69) is 34.7 Å². The molecular weight excluding hydrogens is 245 g/mol. The predicted octanol–water partition coefficient (Wildman–Crippen LogP) is 3.43. The molecule has 1 aromatic carbocycles. The summed E-state index contributed by atoms with van der Waals surface area (Å²) in [7, 11) is 0. The first-order chi connectivity index (χ1) is 6.69. The molecule has 0 aromatic heterocycles. The van der Waals surface area contributed by atoms with Gasteiger partial charge in [0.25, 0.3) is 0 Å². The Labute approximate surface area is 93.0 Å². The molecule has 0 aliphatic rings. The number of hydrogen-bond acceptors (Lipinski definition) is 1. The second kappa shape index (κ2) is 5.47. The van der Waals surface area contributed by atoms with Crippen LogP contribution in [0, 0.1) is 5.82 Å². The molecule has 0 spiro atoms. The minimum atomic E-state index is -0.133. The highest BCUT2D eigenvalue weighted by Crippen LogP contribution is 2.21. The van der Waals surface area contributed by atoms with Crippen LogP contribution in [0.4, 0.5) is 4.39 Å². The maximum Gasteiger partial charge on any atom is 0.128 e. The lowest BCUT2D eigenvalue weighted by molar-refractivity contribution is 0.290. The van der Waals surface area contributed by atoms with Crippen molar-refractivity contribution in [1.29, 1.82) is 0 Å². The number of hydrogen-bond donors (Lipinski definition) is 0. The minimum absolute atomic E-state index is 0.133. The molecule has 3 heteroatoms. The monoisotopic (exact) mass is 259 g/mol. The maximum absolute atomic E-state index is 13.4. The lowest BCUT2D eigenvalue weighted by Crippen LogP contribution is -2.22. The van der Waals surface area contributed by atoms with Gasteiger partial charge in [0.2, 0.25) is 0 Å². The summed E-state index contributed by atoms with van der Waals surface area (Å²) in [5.74, 6) is -0.133. The minimum Gasteiger partial charge on any atom is -0.299 e. The summed E-state index contributed by atoms with van der Waals surface area (Å²) in [6, 6.07) is 5.09. The Morgan fingerprint density at radius 2 is 1.93 bits per heavy atom. The lowest BCUT2D eigenvalue weighted by atomic mass is 10.2. The van der Waals surface area contributed by atoms with Crippen LogP contribution in [0.15, 0.2) is 22.7 Å². The summed E-state index contributed by atoms with van der Waals surface area (Å²) < 4.78 is 14.3. The van der Waals surface area contributed by atoms with E-state index in [0.717, 1.165) is 23.1 Å². The van der Waals surface area contributed by atoms with Crippen molar-refractivity contribution in [3.63, 3.8) is 0 Å². The van der Waals surface area contributed by atoms with Gasteiger partial charge in [-0.25, -0.2) is 4.39 Å². The van der Waals surface area contributed by atoms with Crippen molar-refractivity contribution in [2.75, 3.05) is 13.1 Å². The predicted molar refractivity (Wildman–Crippen MR) is 60.7 cm³/mol. The van der Waals surface area contributed by atoms with E-state index < -0.39 is 0 Å². The van der Waals surface area contributed by atoms with Crippen molar-refractivity contribution in [1.82, 2.24) is 4.90 Å². The topological polar surface area (TPSA) is 3.24 Å². The molecule has 78 valence electrons. The standard InChI is InChI=1S/C11H15BrFN/c1-3-14(4-2)8-9-10(12)6-5-7-11(9)13/h5-7H,3-4,8H2,1-2H3. The van der Waals surface area contributed by atoms with Crippen LogP contribution in [0.25, 0.3) is 0 Å². The molecule has 0 N–H and O–H groups in total. The van der Waals surface area contributed by atoms with Gasteiger partial charge in [0.15, 0.2) is 0 Å². The van der Waals surface area contributed by atoms with E-state index in [-0.39, 0.29) is 5.82 Å². The van der Waals surface area contributed by atoms with Crippen molar-refractivity contribution < 1.29 is 4.39 Å². The molecule has 0 radical (unpaired) electrons. The van der Waals surface area contributed by atoms with E-state index in [1.807, 2.05) is 6.07 Å². The molecule has 0 aliphatic carbocycles. The van der Waals surface area contributed by atoms with E-state index >= 15 is 0 Å². The quantitative estimate of drug-likeness (QED) is 0.801. The summed E-state index contributed by atoms with van der Waals surface area (Å²) in [6.07, 6.45) is 0. The average molecular weight is 260 g/mol. The fourth-order valence-electron chi connectivity index (χ4n) is 1.35. The van der Waals surface area contributed by atoms with Crippen LogP contribution in [0.3, 0.4) is 0 Å². The Bertz CT molecular complexity index is 277. The van der Waals surface area contributed by atoms with Gasteiger partial charge in [-0.3, -0.25) is 4.90 Å². The van der Waals surface area contributed by atoms with E-state index in [9.17, 15) is 4.39 Å². The average Bonchev–Trinajstić information content (AvgIpc) is 2.18. The summed E-state index contributed by atoms with van der Waals surface area (Å²) in [5, 5.41) is 0. The van der Waals surface area contributed by atoms with Crippen LogP contribution in [0.1, 0.15) is 19.4 Å². The summed E-state index contributed by atoms with van der Waals surface area (Å²) in [6.45, 7) is 6.71. The first-order valence-corrected chi connectivity index (χ1v) is 5.63. The molecular formula is C11H15BrFN. The Morgan fingerprint density at radius 1 is 1.29 bits per heavy atom. The summed E-state index contributed by atoms with van der Waals surface area (Å²) >= 11 is 3.37. The van der Waals surface area contributed by atoms with Gasteiger partial charge in [-0.05, 0) is 25.2 Å². The molecule has 0 atom stereocenters. The smallest absolute Gasteiger partial charge is 0.128 e. The van der Waals surface area contributed by atoms with Crippen LogP contribution >= 0.6 is 15.9 Å². The van der Waals surface area contributed by atoms with Gasteiger partial charge in [0.05, 0.1) is 0 Å². The van der Waals surface area contributed by atoms with Crippen LogP contribution in [0.5, 0.6) is 0 Å². The van der Waals surface area contributed by atoms with Crippen molar-refractivity contribution in [2.45, 2.75) is 20.4 Å². The highest BCUT2D eigenvalue weighted by Gasteiger charge is 2.09. The van der Waals surface area contributed by atoms with Gasteiger partial charge in [0.1, 0.15) is 5.82 Å². The van der Waals surface area contributed by atoms with Gasteiger partial charge >= 0.3 is 0 Å². The number of nitrogens with zero attached hydrogens (tertiary/aromatic N) is 1. The van der Waals surface area contributed by atoms with Crippen LogP contribution in [-0.2, 0) is 6.54 Å². The maximum atomic E-state index is 13.4. The largest absolute Gasteiger partial charge is 0.299 e. The first kappa shape index (κ1) is 11.7. The zero-order chi connectivity index (χ0) is 10.6. The van der Waals surface area contributed by atoms with Crippen LogP contribution in [0.2, 0.25) is 0 Å². The zero-order valence-corrected chi connectivity index (χ0v) is 10.1. The number of halogens is 2. The Kier molecular flexibility index (Phi) is 4.55. The summed E-state index contributed by atoms with van der Waals surface area (Å²) in [5.41, 5.74) is 0.746. The third-order valence-corrected chi connectivity index (χ3v) is 3.08. The molecule has 14 heavy (non-hydrogen) atoms. The third kappa shape index (κ3) is 2.79. The SMILES string of the molecule is CCN(CC)Cc1c(F)cccc1Br. The molecule has 0 aliphatic heterocycles. The van der Waals surface area contributed by atoms with E-state index in [0.29, 0.717) is 6.54 Å². The fraction of sp³-hybridized carbons (Fsp3) is 0.455.